The van der Waals surface area contributed by atoms with Gasteiger partial charge in [0.1, 0.15) is 18.7 Å². The summed E-state index contributed by atoms with van der Waals surface area (Å²) >= 11 is 3.34. The molecule has 9 nitrogen and oxygen atoms in total. The van der Waals surface area contributed by atoms with Crippen molar-refractivity contribution in [3.63, 3.8) is 0 Å². The monoisotopic (exact) mass is 563 g/mol. The van der Waals surface area contributed by atoms with E-state index in [9.17, 15) is 18.0 Å². The lowest BCUT2D eigenvalue weighted by molar-refractivity contribution is -0.908. The molecule has 0 unspecified atom stereocenters. The Bertz CT molecular complexity index is 1370. The normalized spacial score (nSPS) is 14.7. The van der Waals surface area contributed by atoms with Gasteiger partial charge in [-0.15, -0.1) is 0 Å². The molecule has 1 aliphatic heterocycles. The van der Waals surface area contributed by atoms with Crippen molar-refractivity contribution in [2.75, 3.05) is 50.7 Å². The summed E-state index contributed by atoms with van der Waals surface area (Å²) in [6.07, 6.45) is 2.16. The standard InChI is InChI=1S/C24H27BrN4O5S/c1-28(18-5-3-17(25)4-6-18)35(32,33)19-7-8-22-20(15-19)23(30)21(16-27-22)24(31)26-9-2-10-29-11-13-34-14-12-29/h3-8,15-16H,2,9-14H2,1H3,(H,26,31)(H,27,30)/p+1. The first-order chi connectivity index (χ1) is 16.8. The number of nitrogens with one attached hydrogen (secondary N) is 3. The molecule has 1 aliphatic rings. The van der Waals surface area contributed by atoms with E-state index >= 15 is 0 Å². The molecule has 11 heteroatoms. The summed E-state index contributed by atoms with van der Waals surface area (Å²) in [5.74, 6) is -0.481. The van der Waals surface area contributed by atoms with Gasteiger partial charge in [0, 0.05) is 41.6 Å². The minimum Gasteiger partial charge on any atom is -0.370 e. The van der Waals surface area contributed by atoms with Crippen LogP contribution in [0.1, 0.15) is 16.8 Å². The van der Waals surface area contributed by atoms with Crippen molar-refractivity contribution in [1.29, 1.82) is 0 Å². The van der Waals surface area contributed by atoms with Crippen molar-refractivity contribution < 1.29 is 22.8 Å². The fourth-order valence-electron chi connectivity index (χ4n) is 4.02. The maximum Gasteiger partial charge on any atom is 0.264 e. The van der Waals surface area contributed by atoms with Gasteiger partial charge in [-0.3, -0.25) is 13.9 Å². The smallest absolute Gasteiger partial charge is 0.264 e. The Morgan fingerprint density at radius 1 is 1.17 bits per heavy atom. The van der Waals surface area contributed by atoms with Crippen LogP contribution in [-0.2, 0) is 14.8 Å². The minimum absolute atomic E-state index is 0.0352. The molecule has 0 saturated carbocycles. The number of benzene rings is 2. The van der Waals surface area contributed by atoms with Gasteiger partial charge in [-0.25, -0.2) is 8.42 Å². The second kappa shape index (κ2) is 10.9. The van der Waals surface area contributed by atoms with Crippen LogP contribution < -0.4 is 20.0 Å². The third-order valence-electron chi connectivity index (χ3n) is 6.14. The molecule has 1 aromatic heterocycles. The second-order valence-corrected chi connectivity index (χ2v) is 11.3. The average Bonchev–Trinajstić information content (AvgIpc) is 2.87. The van der Waals surface area contributed by atoms with E-state index in [1.165, 1.54) is 36.3 Å². The van der Waals surface area contributed by atoms with Gasteiger partial charge in [-0.2, -0.15) is 0 Å². The third kappa shape index (κ3) is 5.75. The molecule has 2 aromatic carbocycles. The molecule has 1 amide bonds. The van der Waals surface area contributed by atoms with Crippen LogP contribution in [0.25, 0.3) is 10.9 Å². The maximum absolute atomic E-state index is 13.2. The number of halogens is 1. The fourth-order valence-corrected chi connectivity index (χ4v) is 5.51. The number of rotatable bonds is 8. The first-order valence-electron chi connectivity index (χ1n) is 11.4. The largest absolute Gasteiger partial charge is 0.370 e. The van der Waals surface area contributed by atoms with Crippen LogP contribution in [0, 0.1) is 0 Å². The van der Waals surface area contributed by atoms with Gasteiger partial charge in [0.25, 0.3) is 15.9 Å². The number of carbonyl (C=O) groups is 1. The molecule has 4 rings (SSSR count). The predicted molar refractivity (Wildman–Crippen MR) is 138 cm³/mol. The molecule has 0 radical (unpaired) electrons. The highest BCUT2D eigenvalue weighted by atomic mass is 79.9. The van der Waals surface area contributed by atoms with Crippen LogP contribution in [0.15, 0.2) is 62.8 Å². The van der Waals surface area contributed by atoms with Crippen molar-refractivity contribution in [1.82, 2.24) is 10.3 Å². The highest BCUT2D eigenvalue weighted by Crippen LogP contribution is 2.25. The minimum atomic E-state index is -3.92. The Morgan fingerprint density at radius 2 is 1.89 bits per heavy atom. The number of anilines is 1. The zero-order valence-electron chi connectivity index (χ0n) is 19.3. The number of hydrogen-bond donors (Lipinski definition) is 3. The number of ether oxygens (including phenoxy) is 1. The summed E-state index contributed by atoms with van der Waals surface area (Å²) in [5, 5.41) is 2.94. The van der Waals surface area contributed by atoms with Crippen molar-refractivity contribution in [3.05, 3.63) is 68.9 Å². The summed E-state index contributed by atoms with van der Waals surface area (Å²) < 4.78 is 33.8. The van der Waals surface area contributed by atoms with Gasteiger partial charge in [-0.05, 0) is 42.5 Å². The molecule has 1 fully saturated rings. The predicted octanol–water partition coefficient (Wildman–Crippen LogP) is 1.15. The molecule has 3 N–H and O–H groups in total. The van der Waals surface area contributed by atoms with Gasteiger partial charge in [0.2, 0.25) is 5.43 Å². The summed E-state index contributed by atoms with van der Waals surface area (Å²) in [6.45, 7) is 4.80. The summed E-state index contributed by atoms with van der Waals surface area (Å²) in [4.78, 5) is 30.1. The summed E-state index contributed by atoms with van der Waals surface area (Å²) in [7, 11) is -2.47. The van der Waals surface area contributed by atoms with E-state index in [0.717, 1.165) is 48.0 Å². The van der Waals surface area contributed by atoms with Crippen molar-refractivity contribution >= 4 is 48.5 Å². The van der Waals surface area contributed by atoms with E-state index in [0.29, 0.717) is 17.7 Å². The van der Waals surface area contributed by atoms with Gasteiger partial charge in [-0.1, -0.05) is 15.9 Å². The number of amides is 1. The van der Waals surface area contributed by atoms with E-state index in [-0.39, 0.29) is 15.8 Å². The molecule has 2 heterocycles. The zero-order chi connectivity index (χ0) is 25.0. The Labute approximate surface area is 212 Å². The van der Waals surface area contributed by atoms with E-state index in [1.54, 1.807) is 24.3 Å². The number of fused-ring (bicyclic) bond motifs is 1. The molecular weight excluding hydrogens is 536 g/mol. The number of pyridine rings is 1. The maximum atomic E-state index is 13.2. The third-order valence-corrected chi connectivity index (χ3v) is 8.45. The second-order valence-electron chi connectivity index (χ2n) is 8.41. The molecule has 1 saturated heterocycles. The van der Waals surface area contributed by atoms with Crippen LogP contribution in [0.2, 0.25) is 0 Å². The van der Waals surface area contributed by atoms with Gasteiger partial charge < -0.3 is 19.9 Å². The van der Waals surface area contributed by atoms with E-state index < -0.39 is 21.4 Å². The summed E-state index contributed by atoms with van der Waals surface area (Å²) in [6, 6.07) is 11.1. The highest BCUT2D eigenvalue weighted by Gasteiger charge is 2.23. The Balaban J connectivity index is 1.51. The quantitative estimate of drug-likeness (QED) is 0.356. The van der Waals surface area contributed by atoms with Gasteiger partial charge >= 0.3 is 0 Å². The van der Waals surface area contributed by atoms with Crippen molar-refractivity contribution in [2.45, 2.75) is 11.3 Å². The van der Waals surface area contributed by atoms with E-state index in [2.05, 4.69) is 26.2 Å². The van der Waals surface area contributed by atoms with Crippen LogP contribution in [0.4, 0.5) is 5.69 Å². The Hall–Kier alpha value is -2.73. The lowest BCUT2D eigenvalue weighted by Gasteiger charge is -2.23. The number of H-pyrrole nitrogens is 1. The summed E-state index contributed by atoms with van der Waals surface area (Å²) in [5.41, 5.74) is 0.368. The van der Waals surface area contributed by atoms with Crippen LogP contribution in [0.5, 0.6) is 0 Å². The van der Waals surface area contributed by atoms with Crippen LogP contribution in [-0.4, -0.2) is 65.7 Å². The molecule has 186 valence electrons. The van der Waals surface area contributed by atoms with Crippen LogP contribution >= 0.6 is 15.9 Å². The molecule has 0 aliphatic carbocycles. The SMILES string of the molecule is CN(c1ccc(Br)cc1)S(=O)(=O)c1ccc2[nH]cc(C(=O)NCCC[NH+]3CCOCC3)c(=O)c2c1. The topological polar surface area (TPSA) is 113 Å². The van der Waals surface area contributed by atoms with E-state index in [1.807, 2.05) is 0 Å². The average molecular weight is 564 g/mol. The molecular formula is C24H28BrN4O5S+. The van der Waals surface area contributed by atoms with Crippen LogP contribution in [0.3, 0.4) is 0 Å². The molecule has 0 atom stereocenters. The lowest BCUT2D eigenvalue weighted by Crippen LogP contribution is -3.14. The number of morpholine rings is 1. The number of sulfonamides is 1. The number of aromatic amines is 1. The molecule has 35 heavy (non-hydrogen) atoms. The van der Waals surface area contributed by atoms with Gasteiger partial charge in [0.15, 0.2) is 0 Å². The van der Waals surface area contributed by atoms with Gasteiger partial charge in [0.05, 0.1) is 30.3 Å². The van der Waals surface area contributed by atoms with E-state index in [4.69, 9.17) is 4.74 Å². The number of hydrogen-bond acceptors (Lipinski definition) is 5. The lowest BCUT2D eigenvalue weighted by atomic mass is 10.1. The zero-order valence-corrected chi connectivity index (χ0v) is 21.7. The number of aromatic nitrogens is 1. The van der Waals surface area contributed by atoms with Crippen molar-refractivity contribution in [3.8, 4) is 0 Å². The Kier molecular flexibility index (Phi) is 7.90. The first kappa shape index (κ1) is 25.4. The molecule has 3 aromatic rings. The highest BCUT2D eigenvalue weighted by molar-refractivity contribution is 9.10. The molecule has 0 bridgehead atoms. The fraction of sp³-hybridized carbons (Fsp3) is 0.333. The molecule has 0 spiro atoms. The first-order valence-corrected chi connectivity index (χ1v) is 13.6. The number of carbonyl (C=O) groups excluding carboxylic acids is 1. The Morgan fingerprint density at radius 3 is 2.60 bits per heavy atom. The number of nitrogens with zero attached hydrogens (tertiary/aromatic N) is 1. The number of quaternary nitrogens is 1. The van der Waals surface area contributed by atoms with Crippen molar-refractivity contribution in [2.24, 2.45) is 0 Å².